The highest BCUT2D eigenvalue weighted by Crippen LogP contribution is 2.37. The van der Waals surface area contributed by atoms with Crippen LogP contribution in [-0.2, 0) is 0 Å². The van der Waals surface area contributed by atoms with Gasteiger partial charge in [0.1, 0.15) is 13.2 Å². The zero-order valence-corrected chi connectivity index (χ0v) is 11.1. The maximum atomic E-state index is 6.31. The van der Waals surface area contributed by atoms with E-state index in [-0.39, 0.29) is 0 Å². The van der Waals surface area contributed by atoms with Crippen molar-refractivity contribution in [2.75, 3.05) is 13.2 Å². The molecule has 0 unspecified atom stereocenters. The molecule has 0 radical (unpaired) electrons. The first-order valence-corrected chi connectivity index (χ1v) is 6.43. The zero-order chi connectivity index (χ0) is 12.7. The van der Waals surface area contributed by atoms with E-state index in [1.807, 2.05) is 18.2 Å². The van der Waals surface area contributed by atoms with Crippen LogP contribution in [0.3, 0.4) is 0 Å². The van der Waals surface area contributed by atoms with E-state index in [1.165, 1.54) is 0 Å². The molecule has 0 aliphatic carbocycles. The maximum absolute atomic E-state index is 6.31. The molecular weight excluding hydrogens is 250 g/mol. The van der Waals surface area contributed by atoms with Crippen LogP contribution in [0, 0.1) is 0 Å². The summed E-state index contributed by atoms with van der Waals surface area (Å²) in [7, 11) is 0. The van der Waals surface area contributed by atoms with Crippen molar-refractivity contribution in [2.45, 2.75) is 19.8 Å². The number of nitrogens with zero attached hydrogens (tertiary/aromatic N) is 1. The average molecular weight is 264 g/mol. The van der Waals surface area contributed by atoms with Crippen molar-refractivity contribution in [1.82, 2.24) is 4.98 Å². The average Bonchev–Trinajstić information content (AvgIpc) is 2.36. The number of benzene rings is 1. The number of ether oxygens (including phenoxy) is 2. The van der Waals surface area contributed by atoms with E-state index in [1.54, 1.807) is 0 Å². The summed E-state index contributed by atoms with van der Waals surface area (Å²) in [5, 5.41) is 1.62. The van der Waals surface area contributed by atoms with Gasteiger partial charge in [-0.2, -0.15) is 0 Å². The molecule has 18 heavy (non-hydrogen) atoms. The van der Waals surface area contributed by atoms with E-state index >= 15 is 0 Å². The summed E-state index contributed by atoms with van der Waals surface area (Å²) < 4.78 is 11.1. The summed E-state index contributed by atoms with van der Waals surface area (Å²) >= 11 is 6.31. The number of halogens is 1. The van der Waals surface area contributed by atoms with Crippen LogP contribution < -0.4 is 9.47 Å². The summed E-state index contributed by atoms with van der Waals surface area (Å²) in [5.74, 6) is 1.84. The molecule has 0 spiro atoms. The van der Waals surface area contributed by atoms with Crippen molar-refractivity contribution >= 4 is 22.5 Å². The second kappa shape index (κ2) is 4.32. The summed E-state index contributed by atoms with van der Waals surface area (Å²) in [6.45, 7) is 5.36. The first-order valence-electron chi connectivity index (χ1n) is 6.05. The molecule has 4 heteroatoms. The molecule has 3 rings (SSSR count). The molecule has 0 N–H and O–H groups in total. The standard InChI is InChI=1S/C14H14ClNO2/c1-8(2)11-6-10(15)9-5-13-14(7-12(9)16-11)18-4-3-17-13/h5-8H,3-4H2,1-2H3. The van der Waals surface area contributed by atoms with E-state index in [2.05, 4.69) is 18.8 Å². The number of pyridine rings is 1. The van der Waals surface area contributed by atoms with Crippen LogP contribution in [0.5, 0.6) is 11.5 Å². The number of rotatable bonds is 1. The number of aromatic nitrogens is 1. The highest BCUT2D eigenvalue weighted by molar-refractivity contribution is 6.35. The smallest absolute Gasteiger partial charge is 0.163 e. The summed E-state index contributed by atoms with van der Waals surface area (Å²) in [5.41, 5.74) is 1.85. The monoisotopic (exact) mass is 263 g/mol. The molecule has 0 saturated carbocycles. The third-order valence-electron chi connectivity index (χ3n) is 3.03. The molecular formula is C14H14ClNO2. The zero-order valence-electron chi connectivity index (χ0n) is 10.4. The van der Waals surface area contributed by atoms with Crippen LogP contribution >= 0.6 is 11.6 Å². The van der Waals surface area contributed by atoms with Crippen LogP contribution in [-0.4, -0.2) is 18.2 Å². The fourth-order valence-corrected chi connectivity index (χ4v) is 2.30. The largest absolute Gasteiger partial charge is 0.486 e. The van der Waals surface area contributed by atoms with Crippen molar-refractivity contribution in [3.05, 3.63) is 28.9 Å². The molecule has 0 saturated heterocycles. The second-order valence-corrected chi connectivity index (χ2v) is 5.10. The SMILES string of the molecule is CC(C)c1cc(Cl)c2cc3c(cc2n1)OCCO3. The molecule has 0 atom stereocenters. The van der Waals surface area contributed by atoms with Gasteiger partial charge < -0.3 is 9.47 Å². The molecule has 0 bridgehead atoms. The lowest BCUT2D eigenvalue weighted by Gasteiger charge is -2.19. The molecule has 3 nitrogen and oxygen atoms in total. The van der Waals surface area contributed by atoms with Crippen LogP contribution in [0.4, 0.5) is 0 Å². The number of hydrogen-bond acceptors (Lipinski definition) is 3. The Morgan fingerprint density at radius 2 is 1.78 bits per heavy atom. The lowest BCUT2D eigenvalue weighted by Crippen LogP contribution is -2.15. The van der Waals surface area contributed by atoms with Crippen LogP contribution in [0.25, 0.3) is 10.9 Å². The lowest BCUT2D eigenvalue weighted by molar-refractivity contribution is 0.172. The third kappa shape index (κ3) is 1.89. The molecule has 2 aromatic rings. The number of hydrogen-bond donors (Lipinski definition) is 0. The maximum Gasteiger partial charge on any atom is 0.163 e. The summed E-state index contributed by atoms with van der Waals surface area (Å²) in [6.07, 6.45) is 0. The van der Waals surface area contributed by atoms with Crippen LogP contribution in [0.2, 0.25) is 5.02 Å². The fourth-order valence-electron chi connectivity index (χ4n) is 2.04. The van der Waals surface area contributed by atoms with E-state index < -0.39 is 0 Å². The third-order valence-corrected chi connectivity index (χ3v) is 3.35. The molecule has 1 aromatic carbocycles. The topological polar surface area (TPSA) is 31.4 Å². The summed E-state index contributed by atoms with van der Waals surface area (Å²) in [4.78, 5) is 4.62. The van der Waals surface area contributed by atoms with E-state index in [9.17, 15) is 0 Å². The first-order chi connectivity index (χ1) is 8.65. The van der Waals surface area contributed by atoms with Crippen LogP contribution in [0.1, 0.15) is 25.5 Å². The molecule has 94 valence electrons. The van der Waals surface area contributed by atoms with Gasteiger partial charge in [0.15, 0.2) is 11.5 Å². The summed E-state index contributed by atoms with van der Waals surface area (Å²) in [6, 6.07) is 5.73. The van der Waals surface area contributed by atoms with E-state index in [4.69, 9.17) is 21.1 Å². The van der Waals surface area contributed by atoms with Gasteiger partial charge in [-0.05, 0) is 18.1 Å². The lowest BCUT2D eigenvalue weighted by atomic mass is 10.1. The normalized spacial score (nSPS) is 14.2. The van der Waals surface area contributed by atoms with Crippen molar-refractivity contribution in [3.8, 4) is 11.5 Å². The Kier molecular flexibility index (Phi) is 2.78. The Balaban J connectivity index is 2.24. The number of fused-ring (bicyclic) bond motifs is 2. The molecule has 0 fully saturated rings. The highest BCUT2D eigenvalue weighted by atomic mass is 35.5. The molecule has 0 amide bonds. The van der Waals surface area contributed by atoms with Gasteiger partial charge in [0.25, 0.3) is 0 Å². The van der Waals surface area contributed by atoms with Gasteiger partial charge in [0.2, 0.25) is 0 Å². The Hall–Kier alpha value is -1.48. The van der Waals surface area contributed by atoms with Crippen molar-refractivity contribution in [3.63, 3.8) is 0 Å². The van der Waals surface area contributed by atoms with Gasteiger partial charge in [0, 0.05) is 17.1 Å². The first kappa shape index (κ1) is 11.6. The van der Waals surface area contributed by atoms with Crippen molar-refractivity contribution in [1.29, 1.82) is 0 Å². The van der Waals surface area contributed by atoms with Gasteiger partial charge in [-0.25, -0.2) is 0 Å². The Bertz CT molecular complexity index is 610. The Labute approximate surface area is 111 Å². The van der Waals surface area contributed by atoms with Gasteiger partial charge in [-0.3, -0.25) is 4.98 Å². The van der Waals surface area contributed by atoms with Crippen molar-refractivity contribution < 1.29 is 9.47 Å². The Morgan fingerprint density at radius 1 is 1.11 bits per heavy atom. The van der Waals surface area contributed by atoms with Crippen LogP contribution in [0.15, 0.2) is 18.2 Å². The van der Waals surface area contributed by atoms with Crippen molar-refractivity contribution in [2.24, 2.45) is 0 Å². The fraction of sp³-hybridized carbons (Fsp3) is 0.357. The minimum Gasteiger partial charge on any atom is -0.486 e. The van der Waals surface area contributed by atoms with E-state index in [0.717, 1.165) is 28.1 Å². The van der Waals surface area contributed by atoms with Gasteiger partial charge >= 0.3 is 0 Å². The van der Waals surface area contributed by atoms with Gasteiger partial charge in [-0.1, -0.05) is 25.4 Å². The molecule has 2 heterocycles. The quantitative estimate of drug-likeness (QED) is 0.785. The van der Waals surface area contributed by atoms with Gasteiger partial charge in [0.05, 0.1) is 10.5 Å². The minimum atomic E-state index is 0.347. The molecule has 1 aromatic heterocycles. The van der Waals surface area contributed by atoms with Gasteiger partial charge in [-0.15, -0.1) is 0 Å². The Morgan fingerprint density at radius 3 is 2.44 bits per heavy atom. The molecule has 1 aliphatic rings. The predicted molar refractivity (Wildman–Crippen MR) is 71.8 cm³/mol. The molecule has 1 aliphatic heterocycles. The highest BCUT2D eigenvalue weighted by Gasteiger charge is 2.15. The predicted octanol–water partition coefficient (Wildman–Crippen LogP) is 3.78. The second-order valence-electron chi connectivity index (χ2n) is 4.70. The van der Waals surface area contributed by atoms with E-state index in [0.29, 0.717) is 24.2 Å². The minimum absolute atomic E-state index is 0.347.